The SMILES string of the molecule is [CH2]C(OCC)C(=O)N1C(=O)OCC1Cc1ccccc1. The first kappa shape index (κ1) is 14.5. The molecule has 2 rings (SSSR count). The third-order valence-corrected chi connectivity index (χ3v) is 3.16. The van der Waals surface area contributed by atoms with Crippen molar-refractivity contribution < 1.29 is 19.1 Å². The lowest BCUT2D eigenvalue weighted by molar-refractivity contribution is -0.138. The molecule has 1 heterocycles. The van der Waals surface area contributed by atoms with E-state index < -0.39 is 18.1 Å². The van der Waals surface area contributed by atoms with E-state index >= 15 is 0 Å². The summed E-state index contributed by atoms with van der Waals surface area (Å²) in [6, 6.07) is 9.37. The Morgan fingerprint density at radius 2 is 2.20 bits per heavy atom. The minimum atomic E-state index is -0.885. The lowest BCUT2D eigenvalue weighted by Crippen LogP contribution is -2.45. The molecule has 1 fully saturated rings. The molecule has 107 valence electrons. The number of hydrogen-bond donors (Lipinski definition) is 0. The van der Waals surface area contributed by atoms with Gasteiger partial charge in [0.15, 0.2) is 0 Å². The fourth-order valence-corrected chi connectivity index (χ4v) is 2.19. The summed E-state index contributed by atoms with van der Waals surface area (Å²) < 4.78 is 10.1. The summed E-state index contributed by atoms with van der Waals surface area (Å²) >= 11 is 0. The second-order valence-electron chi connectivity index (χ2n) is 4.57. The molecule has 2 unspecified atom stereocenters. The monoisotopic (exact) mass is 276 g/mol. The average molecular weight is 276 g/mol. The number of benzene rings is 1. The van der Waals surface area contributed by atoms with E-state index in [4.69, 9.17) is 9.47 Å². The molecule has 1 aromatic rings. The van der Waals surface area contributed by atoms with Crippen LogP contribution in [-0.2, 0) is 20.7 Å². The van der Waals surface area contributed by atoms with Gasteiger partial charge in [-0.15, -0.1) is 0 Å². The van der Waals surface area contributed by atoms with Crippen LogP contribution in [0.2, 0.25) is 0 Å². The van der Waals surface area contributed by atoms with E-state index in [2.05, 4.69) is 6.92 Å². The van der Waals surface area contributed by atoms with Crippen LogP contribution in [-0.4, -0.2) is 42.3 Å². The molecule has 1 aliphatic rings. The third-order valence-electron chi connectivity index (χ3n) is 3.16. The first-order chi connectivity index (χ1) is 9.63. The van der Waals surface area contributed by atoms with Crippen LogP contribution >= 0.6 is 0 Å². The fourth-order valence-electron chi connectivity index (χ4n) is 2.19. The standard InChI is InChI=1S/C15H18NO4/c1-3-19-11(2)14(17)16-13(10-20-15(16)18)9-12-7-5-4-6-8-12/h4-8,11,13H,2-3,9-10H2,1H3. The second kappa shape index (κ2) is 6.52. The molecule has 2 atom stereocenters. The highest BCUT2D eigenvalue weighted by molar-refractivity contribution is 5.96. The molecule has 0 aliphatic carbocycles. The van der Waals surface area contributed by atoms with Crippen LogP contribution in [0.1, 0.15) is 12.5 Å². The summed E-state index contributed by atoms with van der Waals surface area (Å²) in [6.07, 6.45) is -0.940. The smallest absolute Gasteiger partial charge is 0.417 e. The summed E-state index contributed by atoms with van der Waals surface area (Å²) in [6.45, 7) is 5.97. The van der Waals surface area contributed by atoms with Gasteiger partial charge < -0.3 is 9.47 Å². The van der Waals surface area contributed by atoms with E-state index in [0.717, 1.165) is 10.5 Å². The lowest BCUT2D eigenvalue weighted by atomic mass is 10.1. The van der Waals surface area contributed by atoms with Gasteiger partial charge in [-0.2, -0.15) is 0 Å². The van der Waals surface area contributed by atoms with Crippen molar-refractivity contribution in [3.63, 3.8) is 0 Å². The van der Waals surface area contributed by atoms with Gasteiger partial charge >= 0.3 is 6.09 Å². The molecule has 1 saturated heterocycles. The Labute approximate surface area is 118 Å². The minimum Gasteiger partial charge on any atom is -0.447 e. The zero-order valence-electron chi connectivity index (χ0n) is 11.5. The van der Waals surface area contributed by atoms with Gasteiger partial charge in [0.2, 0.25) is 0 Å². The van der Waals surface area contributed by atoms with Crippen molar-refractivity contribution in [2.24, 2.45) is 0 Å². The molecule has 0 N–H and O–H groups in total. The van der Waals surface area contributed by atoms with Crippen molar-refractivity contribution in [2.45, 2.75) is 25.5 Å². The molecular weight excluding hydrogens is 258 g/mol. The van der Waals surface area contributed by atoms with Crippen LogP contribution in [0.15, 0.2) is 30.3 Å². The van der Waals surface area contributed by atoms with Gasteiger partial charge in [-0.3, -0.25) is 4.79 Å². The summed E-state index contributed by atoms with van der Waals surface area (Å²) in [5, 5.41) is 0. The van der Waals surface area contributed by atoms with Crippen LogP contribution in [0.5, 0.6) is 0 Å². The first-order valence-corrected chi connectivity index (χ1v) is 6.62. The fraction of sp³-hybridized carbons (Fsp3) is 0.400. The molecule has 20 heavy (non-hydrogen) atoms. The first-order valence-electron chi connectivity index (χ1n) is 6.62. The molecule has 1 aromatic carbocycles. The van der Waals surface area contributed by atoms with Crippen LogP contribution in [0.3, 0.4) is 0 Å². The molecule has 0 spiro atoms. The van der Waals surface area contributed by atoms with Gasteiger partial charge in [-0.05, 0) is 25.8 Å². The zero-order chi connectivity index (χ0) is 14.5. The molecule has 2 amide bonds. The Hall–Kier alpha value is -1.88. The average Bonchev–Trinajstić information content (AvgIpc) is 2.80. The van der Waals surface area contributed by atoms with E-state index in [1.54, 1.807) is 6.92 Å². The van der Waals surface area contributed by atoms with Crippen LogP contribution in [0.25, 0.3) is 0 Å². The second-order valence-corrected chi connectivity index (χ2v) is 4.57. The van der Waals surface area contributed by atoms with Gasteiger partial charge in [0.05, 0.1) is 6.04 Å². The maximum absolute atomic E-state index is 12.2. The van der Waals surface area contributed by atoms with E-state index in [9.17, 15) is 9.59 Å². The topological polar surface area (TPSA) is 55.8 Å². The van der Waals surface area contributed by atoms with Gasteiger partial charge in [0.25, 0.3) is 5.91 Å². The predicted octanol–water partition coefficient (Wildman–Crippen LogP) is 1.82. The maximum atomic E-state index is 12.2. The van der Waals surface area contributed by atoms with Gasteiger partial charge in [0.1, 0.15) is 12.7 Å². The van der Waals surface area contributed by atoms with Crippen molar-refractivity contribution in [3.05, 3.63) is 42.8 Å². The van der Waals surface area contributed by atoms with Crippen LogP contribution < -0.4 is 0 Å². The Morgan fingerprint density at radius 1 is 1.50 bits per heavy atom. The largest absolute Gasteiger partial charge is 0.447 e. The number of rotatable bonds is 5. The number of ether oxygens (including phenoxy) is 2. The van der Waals surface area contributed by atoms with E-state index in [1.807, 2.05) is 30.3 Å². The maximum Gasteiger partial charge on any atom is 0.417 e. The Balaban J connectivity index is 2.08. The number of imide groups is 1. The number of amides is 2. The van der Waals surface area contributed by atoms with Crippen LogP contribution in [0.4, 0.5) is 4.79 Å². The Bertz CT molecular complexity index is 474. The Kier molecular flexibility index (Phi) is 4.74. The molecule has 5 nitrogen and oxygen atoms in total. The molecule has 0 saturated carbocycles. The molecule has 0 aromatic heterocycles. The normalized spacial score (nSPS) is 19.8. The number of carbonyl (C=O) groups is 2. The molecule has 1 radical (unpaired) electrons. The van der Waals surface area contributed by atoms with Crippen molar-refractivity contribution in [1.29, 1.82) is 0 Å². The highest BCUT2D eigenvalue weighted by atomic mass is 16.6. The van der Waals surface area contributed by atoms with Crippen LogP contribution in [0, 0.1) is 6.92 Å². The summed E-state index contributed by atoms with van der Waals surface area (Å²) in [7, 11) is 0. The summed E-state index contributed by atoms with van der Waals surface area (Å²) in [4.78, 5) is 25.0. The van der Waals surface area contributed by atoms with Crippen molar-refractivity contribution in [1.82, 2.24) is 4.90 Å². The lowest BCUT2D eigenvalue weighted by Gasteiger charge is -2.22. The van der Waals surface area contributed by atoms with Gasteiger partial charge in [-0.1, -0.05) is 30.3 Å². The van der Waals surface area contributed by atoms with E-state index in [1.165, 1.54) is 0 Å². The molecular formula is C15H18NO4. The number of nitrogens with zero attached hydrogens (tertiary/aromatic N) is 1. The van der Waals surface area contributed by atoms with Crippen molar-refractivity contribution in [2.75, 3.05) is 13.2 Å². The summed E-state index contributed by atoms with van der Waals surface area (Å²) in [5.74, 6) is -0.449. The molecule has 1 aliphatic heterocycles. The minimum absolute atomic E-state index is 0.207. The third kappa shape index (κ3) is 3.17. The van der Waals surface area contributed by atoms with E-state index in [0.29, 0.717) is 13.0 Å². The van der Waals surface area contributed by atoms with Crippen molar-refractivity contribution in [3.8, 4) is 0 Å². The summed E-state index contributed by atoms with van der Waals surface area (Å²) in [5.41, 5.74) is 1.05. The van der Waals surface area contributed by atoms with Gasteiger partial charge in [-0.25, -0.2) is 9.69 Å². The Morgan fingerprint density at radius 3 is 2.85 bits per heavy atom. The number of cyclic esters (lactones) is 1. The highest BCUT2D eigenvalue weighted by Gasteiger charge is 2.39. The molecule has 5 heteroatoms. The van der Waals surface area contributed by atoms with Crippen molar-refractivity contribution >= 4 is 12.0 Å². The molecule has 0 bridgehead atoms. The zero-order valence-corrected chi connectivity index (χ0v) is 11.5. The number of hydrogen-bond acceptors (Lipinski definition) is 4. The predicted molar refractivity (Wildman–Crippen MR) is 72.9 cm³/mol. The van der Waals surface area contributed by atoms with E-state index in [-0.39, 0.29) is 12.6 Å². The number of carbonyl (C=O) groups excluding carboxylic acids is 2. The quantitative estimate of drug-likeness (QED) is 0.823. The van der Waals surface area contributed by atoms with Gasteiger partial charge in [0, 0.05) is 6.61 Å². The highest BCUT2D eigenvalue weighted by Crippen LogP contribution is 2.19.